The number of sulfonamides is 1. The van der Waals surface area contributed by atoms with E-state index in [2.05, 4.69) is 5.32 Å². The van der Waals surface area contributed by atoms with Crippen LogP contribution < -0.4 is 14.8 Å². The maximum absolute atomic E-state index is 13.1. The Hall–Kier alpha value is -3.31. The molecule has 2 atom stereocenters. The van der Waals surface area contributed by atoms with E-state index in [9.17, 15) is 23.1 Å². The molecular weight excluding hydrogens is 567 g/mol. The Kier molecular flexibility index (Phi) is 8.70. The number of rotatable bonds is 10. The summed E-state index contributed by atoms with van der Waals surface area (Å²) < 4.78 is 38.1. The fraction of sp³-hybridized carbons (Fsp3) is 0.259. The summed E-state index contributed by atoms with van der Waals surface area (Å²) in [7, 11) is -0.942. The van der Waals surface area contributed by atoms with Gasteiger partial charge in [-0.3, -0.25) is 4.79 Å². The molecule has 3 aromatic carbocycles. The van der Waals surface area contributed by atoms with Crippen LogP contribution in [0.15, 0.2) is 65.6 Å². The van der Waals surface area contributed by atoms with Crippen molar-refractivity contribution >= 4 is 45.1 Å². The normalized spacial score (nSPS) is 16.2. The Bertz CT molecular complexity index is 1450. The first-order valence-electron chi connectivity index (χ1n) is 11.9. The molecule has 0 radical (unpaired) electrons. The Morgan fingerprint density at radius 3 is 2.10 bits per heavy atom. The van der Waals surface area contributed by atoms with Crippen molar-refractivity contribution in [2.75, 3.05) is 20.8 Å². The maximum Gasteiger partial charge on any atom is 0.326 e. The number of halogens is 2. The number of benzene rings is 3. The van der Waals surface area contributed by atoms with Gasteiger partial charge in [0.2, 0.25) is 15.9 Å². The number of carbonyl (C=O) groups is 2. The standard InChI is InChI=1S/C27H26Cl2N2O7S/c1-37-23-4-3-5-24(38-2)25(23)17-8-6-16(7-9-17)12-21(27(33)34)30-26(32)22-10-11-31(22)39(35,36)20-14-18(28)13-19(29)15-20/h3-9,13-15,21-22H,10-12H2,1-2H3,(H,30,32)(H,33,34)/t21-,22-/m0/s1. The lowest BCUT2D eigenvalue weighted by molar-refractivity contribution is -0.143. The molecule has 0 bridgehead atoms. The first-order valence-corrected chi connectivity index (χ1v) is 14.1. The van der Waals surface area contributed by atoms with Gasteiger partial charge in [0, 0.05) is 23.0 Å². The molecule has 0 unspecified atom stereocenters. The summed E-state index contributed by atoms with van der Waals surface area (Å²) in [5.41, 5.74) is 2.22. The summed E-state index contributed by atoms with van der Waals surface area (Å²) in [6.07, 6.45) is 0.245. The van der Waals surface area contributed by atoms with Gasteiger partial charge in [0.1, 0.15) is 23.6 Å². The van der Waals surface area contributed by atoms with E-state index in [4.69, 9.17) is 32.7 Å². The second-order valence-electron chi connectivity index (χ2n) is 8.86. The van der Waals surface area contributed by atoms with Crippen LogP contribution in [0.1, 0.15) is 12.0 Å². The molecule has 0 spiro atoms. The Balaban J connectivity index is 1.48. The molecule has 2 N–H and O–H groups in total. The summed E-state index contributed by atoms with van der Waals surface area (Å²) in [5.74, 6) is -0.689. The van der Waals surface area contributed by atoms with E-state index < -0.39 is 34.0 Å². The van der Waals surface area contributed by atoms with Crippen LogP contribution >= 0.6 is 23.2 Å². The van der Waals surface area contributed by atoms with Crippen molar-refractivity contribution in [1.29, 1.82) is 0 Å². The molecule has 12 heteroatoms. The lowest BCUT2D eigenvalue weighted by Crippen LogP contribution is -2.60. The molecule has 1 aliphatic rings. The molecule has 1 heterocycles. The summed E-state index contributed by atoms with van der Waals surface area (Å²) in [6.45, 7) is 0.107. The average molecular weight is 593 g/mol. The zero-order valence-corrected chi connectivity index (χ0v) is 23.4. The van der Waals surface area contributed by atoms with Gasteiger partial charge in [-0.25, -0.2) is 13.2 Å². The van der Waals surface area contributed by atoms with Crippen molar-refractivity contribution in [3.05, 3.63) is 76.3 Å². The van der Waals surface area contributed by atoms with Gasteiger partial charge in [0.05, 0.1) is 24.7 Å². The lowest BCUT2D eigenvalue weighted by atomic mass is 9.98. The minimum absolute atomic E-state index is 0.00617. The minimum atomic E-state index is -4.06. The van der Waals surface area contributed by atoms with Crippen molar-refractivity contribution in [2.24, 2.45) is 0 Å². The summed E-state index contributed by atoms with van der Waals surface area (Å²) in [6, 6.07) is 14.2. The first-order chi connectivity index (χ1) is 18.5. The highest BCUT2D eigenvalue weighted by Gasteiger charge is 2.43. The van der Waals surface area contributed by atoms with E-state index in [1.807, 2.05) is 30.3 Å². The third kappa shape index (κ3) is 6.14. The van der Waals surface area contributed by atoms with E-state index in [0.29, 0.717) is 17.1 Å². The van der Waals surface area contributed by atoms with Crippen molar-refractivity contribution in [2.45, 2.75) is 29.8 Å². The minimum Gasteiger partial charge on any atom is -0.496 e. The Labute approximate surface area is 236 Å². The molecular formula is C27H26Cl2N2O7S. The van der Waals surface area contributed by atoms with Crippen molar-refractivity contribution < 1.29 is 32.6 Å². The van der Waals surface area contributed by atoms with Gasteiger partial charge in [0.15, 0.2) is 0 Å². The quantitative estimate of drug-likeness (QED) is 0.361. The lowest BCUT2D eigenvalue weighted by Gasteiger charge is -2.38. The molecule has 0 aliphatic carbocycles. The zero-order valence-electron chi connectivity index (χ0n) is 21.1. The number of carbonyl (C=O) groups excluding carboxylic acids is 1. The van der Waals surface area contributed by atoms with Gasteiger partial charge in [-0.15, -0.1) is 0 Å². The van der Waals surface area contributed by atoms with Crippen LogP contribution in [0.2, 0.25) is 10.0 Å². The number of nitrogens with zero attached hydrogens (tertiary/aromatic N) is 1. The predicted octanol–water partition coefficient (Wildman–Crippen LogP) is 4.25. The van der Waals surface area contributed by atoms with Crippen LogP contribution in [0.5, 0.6) is 11.5 Å². The highest BCUT2D eigenvalue weighted by molar-refractivity contribution is 7.89. The van der Waals surface area contributed by atoms with Crippen LogP contribution in [0, 0.1) is 0 Å². The molecule has 206 valence electrons. The van der Waals surface area contributed by atoms with Crippen molar-refractivity contribution in [3.8, 4) is 22.6 Å². The van der Waals surface area contributed by atoms with Crippen LogP contribution in [-0.2, 0) is 26.0 Å². The number of methoxy groups -OCH3 is 2. The number of ether oxygens (including phenoxy) is 2. The number of amides is 1. The summed E-state index contributed by atoms with van der Waals surface area (Å²) >= 11 is 11.9. The molecule has 1 aliphatic heterocycles. The maximum atomic E-state index is 13.1. The van der Waals surface area contributed by atoms with Gasteiger partial charge < -0.3 is 19.9 Å². The molecule has 0 aromatic heterocycles. The first kappa shape index (κ1) is 28.7. The fourth-order valence-electron chi connectivity index (χ4n) is 4.37. The number of aliphatic carboxylic acids is 1. The van der Waals surface area contributed by atoms with Crippen molar-refractivity contribution in [1.82, 2.24) is 9.62 Å². The third-order valence-corrected chi connectivity index (χ3v) is 8.76. The van der Waals surface area contributed by atoms with Gasteiger partial charge in [-0.2, -0.15) is 4.31 Å². The molecule has 39 heavy (non-hydrogen) atoms. The van der Waals surface area contributed by atoms with Gasteiger partial charge in [0.25, 0.3) is 0 Å². The Morgan fingerprint density at radius 2 is 1.62 bits per heavy atom. The van der Waals surface area contributed by atoms with Crippen molar-refractivity contribution in [3.63, 3.8) is 0 Å². The third-order valence-electron chi connectivity index (χ3n) is 6.44. The molecule has 3 aromatic rings. The number of carboxylic acids is 1. The highest BCUT2D eigenvalue weighted by atomic mass is 35.5. The molecule has 0 saturated carbocycles. The number of hydrogen-bond acceptors (Lipinski definition) is 6. The Morgan fingerprint density at radius 1 is 1.03 bits per heavy atom. The SMILES string of the molecule is COc1cccc(OC)c1-c1ccc(C[C@H](NC(=O)[C@@H]2CCN2S(=O)(=O)c2cc(Cl)cc(Cl)c2)C(=O)O)cc1. The van der Waals surface area contributed by atoms with E-state index in [0.717, 1.165) is 15.4 Å². The number of nitrogens with one attached hydrogen (secondary N) is 1. The summed E-state index contributed by atoms with van der Waals surface area (Å²) in [4.78, 5) is 24.8. The van der Waals surface area contributed by atoms with Crippen LogP contribution in [0.25, 0.3) is 11.1 Å². The largest absolute Gasteiger partial charge is 0.496 e. The van der Waals surface area contributed by atoms with E-state index >= 15 is 0 Å². The summed E-state index contributed by atoms with van der Waals surface area (Å²) in [5, 5.41) is 12.6. The number of hydrogen-bond donors (Lipinski definition) is 2. The van der Waals surface area contributed by atoms with Crippen LogP contribution in [0.4, 0.5) is 0 Å². The average Bonchev–Trinajstić information content (AvgIpc) is 2.86. The molecule has 1 amide bonds. The van der Waals surface area contributed by atoms with Crippen LogP contribution in [-0.4, -0.2) is 62.6 Å². The smallest absolute Gasteiger partial charge is 0.326 e. The zero-order chi connectivity index (χ0) is 28.3. The predicted molar refractivity (Wildman–Crippen MR) is 147 cm³/mol. The van der Waals surface area contributed by atoms with Gasteiger partial charge >= 0.3 is 5.97 Å². The van der Waals surface area contributed by atoms with Gasteiger partial charge in [-0.05, 0) is 47.9 Å². The van der Waals surface area contributed by atoms with E-state index in [-0.39, 0.29) is 34.3 Å². The second-order valence-corrected chi connectivity index (χ2v) is 11.6. The van der Waals surface area contributed by atoms with E-state index in [1.165, 1.54) is 18.2 Å². The second kappa shape index (κ2) is 11.8. The van der Waals surface area contributed by atoms with E-state index in [1.54, 1.807) is 26.4 Å². The topological polar surface area (TPSA) is 122 Å². The van der Waals surface area contributed by atoms with Crippen LogP contribution in [0.3, 0.4) is 0 Å². The monoisotopic (exact) mass is 592 g/mol. The molecule has 9 nitrogen and oxygen atoms in total. The fourth-order valence-corrected chi connectivity index (χ4v) is 6.73. The highest BCUT2D eigenvalue weighted by Crippen LogP contribution is 2.38. The molecule has 1 saturated heterocycles. The molecule has 4 rings (SSSR count). The van der Waals surface area contributed by atoms with Gasteiger partial charge in [-0.1, -0.05) is 53.5 Å². The molecule has 1 fully saturated rings. The number of carboxylic acid groups (broad SMARTS) is 1.